The molecule has 0 fully saturated rings. The molecule has 2 nitrogen and oxygen atoms in total. The fraction of sp³-hybridized carbons (Fsp3) is 1.00. The van der Waals surface area contributed by atoms with Crippen molar-refractivity contribution in [2.45, 2.75) is 25.8 Å². The second-order valence-electron chi connectivity index (χ2n) is 2.34. The van der Waals surface area contributed by atoms with E-state index >= 15 is 0 Å². The molecule has 1 atom stereocenters. The van der Waals surface area contributed by atoms with Crippen LogP contribution in [0.4, 0.5) is 0 Å². The number of hydrogen-bond acceptors (Lipinski definition) is 3. The minimum absolute atomic E-state index is 0.00986. The highest BCUT2D eigenvalue weighted by Gasteiger charge is 1.98. The molecule has 0 spiro atoms. The SMILES string of the molecule is CCCSCC[C@H](N)CO. The van der Waals surface area contributed by atoms with Gasteiger partial charge in [0.05, 0.1) is 6.61 Å². The molecule has 0 unspecified atom stereocenters. The zero-order valence-electron chi connectivity index (χ0n) is 6.55. The molecule has 0 heterocycles. The zero-order valence-corrected chi connectivity index (χ0v) is 7.36. The molecule has 10 heavy (non-hydrogen) atoms. The van der Waals surface area contributed by atoms with Crippen LogP contribution >= 0.6 is 11.8 Å². The van der Waals surface area contributed by atoms with E-state index in [1.807, 2.05) is 11.8 Å². The van der Waals surface area contributed by atoms with Crippen LogP contribution in [0.1, 0.15) is 19.8 Å². The summed E-state index contributed by atoms with van der Waals surface area (Å²) in [4.78, 5) is 0. The Labute approximate surface area is 67.2 Å². The van der Waals surface area contributed by atoms with Crippen LogP contribution in [0.5, 0.6) is 0 Å². The van der Waals surface area contributed by atoms with Gasteiger partial charge in [-0.3, -0.25) is 0 Å². The van der Waals surface area contributed by atoms with E-state index in [9.17, 15) is 0 Å². The molecule has 0 aliphatic heterocycles. The normalized spacial score (nSPS) is 13.5. The van der Waals surface area contributed by atoms with Gasteiger partial charge in [0.15, 0.2) is 0 Å². The van der Waals surface area contributed by atoms with Crippen molar-refractivity contribution in [1.82, 2.24) is 0 Å². The summed E-state index contributed by atoms with van der Waals surface area (Å²) in [6, 6.07) is -0.00986. The average Bonchev–Trinajstić information content (AvgIpc) is 1.98. The van der Waals surface area contributed by atoms with Gasteiger partial charge in [-0.25, -0.2) is 0 Å². The lowest BCUT2D eigenvalue weighted by Gasteiger charge is -2.05. The van der Waals surface area contributed by atoms with Crippen LogP contribution < -0.4 is 5.73 Å². The second kappa shape index (κ2) is 7.38. The molecule has 0 radical (unpaired) electrons. The highest BCUT2D eigenvalue weighted by atomic mass is 32.2. The lowest BCUT2D eigenvalue weighted by Crippen LogP contribution is -2.24. The van der Waals surface area contributed by atoms with E-state index in [0.29, 0.717) is 0 Å². The van der Waals surface area contributed by atoms with E-state index in [2.05, 4.69) is 6.92 Å². The molecule has 0 saturated heterocycles. The zero-order chi connectivity index (χ0) is 7.82. The average molecular weight is 163 g/mol. The number of nitrogens with two attached hydrogens (primary N) is 1. The van der Waals surface area contributed by atoms with Crippen molar-refractivity contribution in [3.63, 3.8) is 0 Å². The van der Waals surface area contributed by atoms with Gasteiger partial charge in [0.1, 0.15) is 0 Å². The van der Waals surface area contributed by atoms with Crippen LogP contribution in [0.15, 0.2) is 0 Å². The predicted molar refractivity (Wildman–Crippen MR) is 47.3 cm³/mol. The monoisotopic (exact) mass is 163 g/mol. The van der Waals surface area contributed by atoms with Crippen LogP contribution in [0.3, 0.4) is 0 Å². The van der Waals surface area contributed by atoms with Crippen molar-refractivity contribution in [2.75, 3.05) is 18.1 Å². The quantitative estimate of drug-likeness (QED) is 0.570. The van der Waals surface area contributed by atoms with Crippen molar-refractivity contribution < 1.29 is 5.11 Å². The summed E-state index contributed by atoms with van der Waals surface area (Å²) in [6.07, 6.45) is 2.15. The minimum atomic E-state index is -0.00986. The minimum Gasteiger partial charge on any atom is -0.395 e. The first kappa shape index (κ1) is 10.3. The van der Waals surface area contributed by atoms with Crippen LogP contribution in [-0.4, -0.2) is 29.3 Å². The van der Waals surface area contributed by atoms with Crippen molar-refractivity contribution in [2.24, 2.45) is 5.73 Å². The summed E-state index contributed by atoms with van der Waals surface area (Å²) < 4.78 is 0. The van der Waals surface area contributed by atoms with Crippen LogP contribution in [0.2, 0.25) is 0 Å². The third-order valence-electron chi connectivity index (χ3n) is 1.22. The Morgan fingerprint density at radius 2 is 2.20 bits per heavy atom. The first-order chi connectivity index (χ1) is 4.81. The number of aliphatic hydroxyl groups excluding tert-OH is 1. The first-order valence-electron chi connectivity index (χ1n) is 3.75. The van der Waals surface area contributed by atoms with Crippen molar-refractivity contribution in [3.05, 3.63) is 0 Å². The Balaban J connectivity index is 2.89. The fourth-order valence-electron chi connectivity index (χ4n) is 0.572. The lowest BCUT2D eigenvalue weighted by atomic mass is 10.3. The van der Waals surface area contributed by atoms with Crippen LogP contribution in [0.25, 0.3) is 0 Å². The van der Waals surface area contributed by atoms with E-state index in [1.54, 1.807) is 0 Å². The smallest absolute Gasteiger partial charge is 0.0582 e. The van der Waals surface area contributed by atoms with Crippen molar-refractivity contribution >= 4 is 11.8 Å². The summed E-state index contributed by atoms with van der Waals surface area (Å²) >= 11 is 1.91. The Bertz CT molecular complexity index is 70.6. The number of rotatable bonds is 6. The lowest BCUT2D eigenvalue weighted by molar-refractivity contribution is 0.264. The van der Waals surface area contributed by atoms with Crippen LogP contribution in [0, 0.1) is 0 Å². The van der Waals surface area contributed by atoms with Gasteiger partial charge in [0.2, 0.25) is 0 Å². The molecule has 0 rings (SSSR count). The number of thioether (sulfide) groups is 1. The molecule has 0 aliphatic rings. The third-order valence-corrected chi connectivity index (χ3v) is 2.44. The molecule has 0 amide bonds. The maximum Gasteiger partial charge on any atom is 0.0582 e. The first-order valence-corrected chi connectivity index (χ1v) is 4.91. The molecule has 3 heteroatoms. The van der Waals surface area contributed by atoms with Gasteiger partial charge in [-0.2, -0.15) is 11.8 Å². The maximum absolute atomic E-state index is 8.56. The third kappa shape index (κ3) is 6.39. The molecular formula is C7H17NOS. The summed E-state index contributed by atoms with van der Waals surface area (Å²) in [5.41, 5.74) is 5.49. The molecular weight excluding hydrogens is 146 g/mol. The van der Waals surface area contributed by atoms with Gasteiger partial charge >= 0.3 is 0 Å². The van der Waals surface area contributed by atoms with E-state index in [-0.39, 0.29) is 12.6 Å². The fourth-order valence-corrected chi connectivity index (χ4v) is 1.53. The van der Waals surface area contributed by atoms with Gasteiger partial charge in [-0.15, -0.1) is 0 Å². The Kier molecular flexibility index (Phi) is 7.58. The highest BCUT2D eigenvalue weighted by molar-refractivity contribution is 7.99. The van der Waals surface area contributed by atoms with Gasteiger partial charge in [-0.05, 0) is 24.3 Å². The van der Waals surface area contributed by atoms with E-state index in [0.717, 1.165) is 12.2 Å². The van der Waals surface area contributed by atoms with Gasteiger partial charge in [0.25, 0.3) is 0 Å². The standard InChI is InChI=1S/C7H17NOS/c1-2-4-10-5-3-7(8)6-9/h7,9H,2-6,8H2,1H3/t7-/m0/s1. The molecule has 0 bridgehead atoms. The highest BCUT2D eigenvalue weighted by Crippen LogP contribution is 2.04. The summed E-state index contributed by atoms with van der Waals surface area (Å²) in [6.45, 7) is 2.28. The molecule has 0 aromatic carbocycles. The molecule has 0 aromatic heterocycles. The Hall–Kier alpha value is 0.270. The topological polar surface area (TPSA) is 46.2 Å². The second-order valence-corrected chi connectivity index (χ2v) is 3.57. The van der Waals surface area contributed by atoms with E-state index in [4.69, 9.17) is 10.8 Å². The number of hydrogen-bond donors (Lipinski definition) is 2. The van der Waals surface area contributed by atoms with Crippen molar-refractivity contribution in [1.29, 1.82) is 0 Å². The van der Waals surface area contributed by atoms with E-state index in [1.165, 1.54) is 12.2 Å². The summed E-state index contributed by atoms with van der Waals surface area (Å²) in [7, 11) is 0. The van der Waals surface area contributed by atoms with Gasteiger partial charge in [0, 0.05) is 6.04 Å². The largest absolute Gasteiger partial charge is 0.395 e. The molecule has 0 saturated carbocycles. The molecule has 3 N–H and O–H groups in total. The summed E-state index contributed by atoms with van der Waals surface area (Å²) in [5.74, 6) is 2.29. The molecule has 62 valence electrons. The Morgan fingerprint density at radius 3 is 2.70 bits per heavy atom. The maximum atomic E-state index is 8.56. The number of aliphatic hydroxyl groups is 1. The molecule has 0 aromatic rings. The summed E-state index contributed by atoms with van der Waals surface area (Å²) in [5, 5.41) is 8.56. The van der Waals surface area contributed by atoms with Crippen molar-refractivity contribution in [3.8, 4) is 0 Å². The predicted octanol–water partition coefficient (Wildman–Crippen LogP) is 0.839. The molecule has 0 aliphatic carbocycles. The Morgan fingerprint density at radius 1 is 1.50 bits per heavy atom. The van der Waals surface area contributed by atoms with E-state index < -0.39 is 0 Å². The van der Waals surface area contributed by atoms with Crippen LogP contribution in [-0.2, 0) is 0 Å². The van der Waals surface area contributed by atoms with Gasteiger partial charge < -0.3 is 10.8 Å². The van der Waals surface area contributed by atoms with Gasteiger partial charge in [-0.1, -0.05) is 6.92 Å².